The molecule has 172 valence electrons. The van der Waals surface area contributed by atoms with E-state index in [2.05, 4.69) is 10.0 Å². The number of piperidine rings is 1. The molecule has 6 unspecified atom stereocenters. The highest BCUT2D eigenvalue weighted by molar-refractivity contribution is 7.90. The summed E-state index contributed by atoms with van der Waals surface area (Å²) in [6.07, 6.45) is 3.91. The maximum absolute atomic E-state index is 13.0. The van der Waals surface area contributed by atoms with Gasteiger partial charge in [0, 0.05) is 19.6 Å². The summed E-state index contributed by atoms with van der Waals surface area (Å²) in [4.78, 5) is 50.5. The van der Waals surface area contributed by atoms with Crippen LogP contribution in [0.5, 0.6) is 0 Å². The number of likely N-dealkylation sites (tertiary alicyclic amines) is 1. The number of amides is 4. The van der Waals surface area contributed by atoms with E-state index in [0.29, 0.717) is 25.7 Å². The van der Waals surface area contributed by atoms with E-state index in [-0.39, 0.29) is 25.4 Å². The molecule has 0 radical (unpaired) electrons. The normalized spacial score (nSPS) is 37.0. The maximum Gasteiger partial charge on any atom is 0.249 e. The van der Waals surface area contributed by atoms with Crippen LogP contribution in [0.3, 0.4) is 0 Å². The van der Waals surface area contributed by atoms with Crippen LogP contribution in [0.25, 0.3) is 0 Å². The minimum atomic E-state index is -3.64. The molecule has 31 heavy (non-hydrogen) atoms. The van der Waals surface area contributed by atoms with E-state index in [1.807, 2.05) is 0 Å². The van der Waals surface area contributed by atoms with E-state index in [0.717, 1.165) is 17.7 Å². The average Bonchev–Trinajstić information content (AvgIpc) is 2.98. The number of sulfonamides is 1. The number of imide groups is 2. The Kier molecular flexibility index (Phi) is 6.19. The number of hydrogen-bond acceptors (Lipinski definition) is 7. The minimum Gasteiger partial charge on any atom is -0.380 e. The summed E-state index contributed by atoms with van der Waals surface area (Å²) in [5.41, 5.74) is 0. The van der Waals surface area contributed by atoms with Crippen LogP contribution in [0.2, 0.25) is 0 Å². The maximum atomic E-state index is 13.0. The quantitative estimate of drug-likeness (QED) is 0.548. The molecule has 2 aliphatic heterocycles. The lowest BCUT2D eigenvalue weighted by Gasteiger charge is -2.34. The molecule has 0 spiro atoms. The van der Waals surface area contributed by atoms with Crippen LogP contribution in [0.15, 0.2) is 0 Å². The first kappa shape index (κ1) is 22.3. The topological polar surface area (TPSA) is 139 Å². The third-order valence-corrected chi connectivity index (χ3v) is 9.15. The second-order valence-electron chi connectivity index (χ2n) is 9.00. The van der Waals surface area contributed by atoms with Crippen molar-refractivity contribution in [2.45, 2.75) is 81.2 Å². The molecule has 4 aliphatic rings. The van der Waals surface area contributed by atoms with E-state index in [9.17, 15) is 27.6 Å². The Morgan fingerprint density at radius 1 is 0.968 bits per heavy atom. The number of carbonyl (C=O) groups excluding carboxylic acids is 4. The van der Waals surface area contributed by atoms with Gasteiger partial charge in [0.1, 0.15) is 11.3 Å². The zero-order valence-electron chi connectivity index (χ0n) is 17.5. The van der Waals surface area contributed by atoms with Crippen molar-refractivity contribution >= 4 is 33.7 Å². The van der Waals surface area contributed by atoms with Crippen molar-refractivity contribution in [2.24, 2.45) is 11.8 Å². The van der Waals surface area contributed by atoms with Crippen molar-refractivity contribution < 1.29 is 32.3 Å². The monoisotopic (exact) mass is 455 g/mol. The summed E-state index contributed by atoms with van der Waals surface area (Å²) in [6, 6.07) is -1.41. The van der Waals surface area contributed by atoms with Gasteiger partial charge in [0.2, 0.25) is 33.7 Å². The molecule has 0 aromatic heterocycles. The highest BCUT2D eigenvalue weighted by atomic mass is 32.2. The number of methoxy groups -OCH3 is 1. The van der Waals surface area contributed by atoms with Gasteiger partial charge in [0.25, 0.3) is 0 Å². The fourth-order valence-corrected chi connectivity index (χ4v) is 7.53. The summed E-state index contributed by atoms with van der Waals surface area (Å²) in [5.74, 6) is -3.07. The van der Waals surface area contributed by atoms with Crippen molar-refractivity contribution in [3.63, 3.8) is 0 Å². The van der Waals surface area contributed by atoms with Crippen LogP contribution in [-0.4, -0.2) is 67.5 Å². The van der Waals surface area contributed by atoms with Crippen molar-refractivity contribution in [3.05, 3.63) is 0 Å². The number of nitrogens with one attached hydrogen (secondary N) is 2. The Morgan fingerprint density at radius 3 is 2.39 bits per heavy atom. The van der Waals surface area contributed by atoms with Gasteiger partial charge in [-0.25, -0.2) is 13.1 Å². The van der Waals surface area contributed by atoms with Gasteiger partial charge in [0.15, 0.2) is 0 Å². The zero-order chi connectivity index (χ0) is 22.3. The molecule has 4 amide bonds. The van der Waals surface area contributed by atoms with Crippen molar-refractivity contribution in [1.82, 2.24) is 14.9 Å². The van der Waals surface area contributed by atoms with Gasteiger partial charge in [-0.2, -0.15) is 0 Å². The van der Waals surface area contributed by atoms with Gasteiger partial charge >= 0.3 is 0 Å². The molecule has 2 aliphatic carbocycles. The predicted molar refractivity (Wildman–Crippen MR) is 108 cm³/mol. The molecule has 0 bridgehead atoms. The van der Waals surface area contributed by atoms with Gasteiger partial charge in [-0.05, 0) is 38.5 Å². The first-order valence-electron chi connectivity index (χ1n) is 11.0. The summed E-state index contributed by atoms with van der Waals surface area (Å²) in [7, 11) is -2.12. The van der Waals surface area contributed by atoms with Crippen LogP contribution in [0.4, 0.5) is 0 Å². The smallest absolute Gasteiger partial charge is 0.249 e. The summed E-state index contributed by atoms with van der Waals surface area (Å²) in [6.45, 7) is 0. The molecule has 2 heterocycles. The highest BCUT2D eigenvalue weighted by Gasteiger charge is 2.54. The lowest BCUT2D eigenvalue weighted by Crippen LogP contribution is -2.54. The van der Waals surface area contributed by atoms with Crippen LogP contribution >= 0.6 is 0 Å². The Morgan fingerprint density at radius 2 is 1.68 bits per heavy atom. The van der Waals surface area contributed by atoms with E-state index in [1.165, 1.54) is 7.11 Å². The fraction of sp³-hybridized carbons (Fsp3) is 0.800. The van der Waals surface area contributed by atoms with E-state index in [4.69, 9.17) is 4.74 Å². The molecule has 2 saturated carbocycles. The molecular formula is C20H29N3O7S. The van der Waals surface area contributed by atoms with Gasteiger partial charge < -0.3 is 4.74 Å². The number of rotatable bonds is 5. The molecular weight excluding hydrogens is 426 g/mol. The second kappa shape index (κ2) is 8.59. The Bertz CT molecular complexity index is 889. The predicted octanol–water partition coefficient (Wildman–Crippen LogP) is -0.178. The van der Waals surface area contributed by atoms with Crippen molar-refractivity contribution in [2.75, 3.05) is 7.11 Å². The highest BCUT2D eigenvalue weighted by Crippen LogP contribution is 2.40. The molecule has 4 fully saturated rings. The average molecular weight is 456 g/mol. The summed E-state index contributed by atoms with van der Waals surface area (Å²) in [5, 5.41) is 1.57. The lowest BCUT2D eigenvalue weighted by atomic mass is 9.79. The number of ether oxygens (including phenoxy) is 1. The van der Waals surface area contributed by atoms with Crippen LogP contribution in [0.1, 0.15) is 57.8 Å². The Hall–Kier alpha value is -1.85. The number of hydrogen-bond donors (Lipinski definition) is 2. The largest absolute Gasteiger partial charge is 0.380 e. The van der Waals surface area contributed by atoms with Gasteiger partial charge in [-0.1, -0.05) is 12.8 Å². The minimum absolute atomic E-state index is 0.0767. The molecule has 0 aromatic rings. The standard InChI is InChI=1S/C20H29N3O7S/c1-30-15-4-2-3-5-16(15)31(28,29)22-11-6-7-12-13(10-11)20(27)23(19(12)26)14-8-9-17(24)21-18(14)25/h11-16,22H,2-10H2,1H3,(H,21,24,25). The molecule has 4 rings (SSSR count). The van der Waals surface area contributed by atoms with E-state index < -0.39 is 62.8 Å². The van der Waals surface area contributed by atoms with Crippen molar-refractivity contribution in [1.29, 1.82) is 0 Å². The molecule has 11 heteroatoms. The van der Waals surface area contributed by atoms with E-state index >= 15 is 0 Å². The number of fused-ring (bicyclic) bond motifs is 1. The molecule has 0 aromatic carbocycles. The summed E-state index contributed by atoms with van der Waals surface area (Å²) < 4.78 is 34.2. The third-order valence-electron chi connectivity index (χ3n) is 7.16. The van der Waals surface area contributed by atoms with E-state index in [1.54, 1.807) is 0 Å². The van der Waals surface area contributed by atoms with Gasteiger partial charge in [-0.15, -0.1) is 0 Å². The third kappa shape index (κ3) is 4.14. The van der Waals surface area contributed by atoms with Gasteiger partial charge in [-0.3, -0.25) is 29.4 Å². The SMILES string of the molecule is COC1CCCCC1S(=O)(=O)NC1CCC2C(=O)N(C3CCC(=O)NC3=O)C(=O)C2C1. The molecule has 2 N–H and O–H groups in total. The molecule has 10 nitrogen and oxygen atoms in total. The first-order valence-corrected chi connectivity index (χ1v) is 12.5. The molecule has 2 saturated heterocycles. The van der Waals surface area contributed by atoms with Gasteiger partial charge in [0.05, 0.1) is 17.9 Å². The second-order valence-corrected chi connectivity index (χ2v) is 10.9. The van der Waals surface area contributed by atoms with Crippen LogP contribution in [-0.2, 0) is 33.9 Å². The fourth-order valence-electron chi connectivity index (χ4n) is 5.55. The molecule has 6 atom stereocenters. The Balaban J connectivity index is 1.45. The zero-order valence-corrected chi connectivity index (χ0v) is 18.4. The Labute approximate surface area is 181 Å². The summed E-state index contributed by atoms with van der Waals surface area (Å²) >= 11 is 0. The number of nitrogens with zero attached hydrogens (tertiary/aromatic N) is 1. The van der Waals surface area contributed by atoms with Crippen LogP contribution < -0.4 is 10.0 Å². The van der Waals surface area contributed by atoms with Crippen LogP contribution in [0, 0.1) is 11.8 Å². The number of carbonyl (C=O) groups is 4. The lowest BCUT2D eigenvalue weighted by molar-refractivity contribution is -0.151. The first-order chi connectivity index (χ1) is 14.7. The van der Waals surface area contributed by atoms with Crippen molar-refractivity contribution in [3.8, 4) is 0 Å².